The summed E-state index contributed by atoms with van der Waals surface area (Å²) in [6.07, 6.45) is -4.12. The zero-order valence-electron chi connectivity index (χ0n) is 9.71. The van der Waals surface area contributed by atoms with Gasteiger partial charge in [-0.1, -0.05) is 13.8 Å². The Kier molecular flexibility index (Phi) is 6.38. The maximum Gasteiger partial charge on any atom is 0.402 e. The van der Waals surface area contributed by atoms with Crippen molar-refractivity contribution in [2.24, 2.45) is 11.7 Å². The van der Waals surface area contributed by atoms with Gasteiger partial charge in [-0.05, 0) is 12.3 Å². The minimum Gasteiger partial charge on any atom is -0.329 e. The van der Waals surface area contributed by atoms with E-state index in [0.29, 0.717) is 6.42 Å². The molecule has 0 aliphatic rings. The van der Waals surface area contributed by atoms with Crippen molar-refractivity contribution >= 4 is 10.2 Å². The second-order valence-electron chi connectivity index (χ2n) is 4.12. The number of nitrogens with two attached hydrogens (primary N) is 1. The lowest BCUT2D eigenvalue weighted by Gasteiger charge is -2.19. The molecular formula is C8H18F3N3O2S. The number of hydrogen-bond donors (Lipinski definition) is 3. The van der Waals surface area contributed by atoms with Crippen LogP contribution in [0.3, 0.4) is 0 Å². The summed E-state index contributed by atoms with van der Waals surface area (Å²) in [5.74, 6) is 0.189. The van der Waals surface area contributed by atoms with E-state index >= 15 is 0 Å². The van der Waals surface area contributed by atoms with Crippen molar-refractivity contribution in [1.82, 2.24) is 9.44 Å². The molecule has 0 saturated carbocycles. The Morgan fingerprint density at radius 1 is 1.29 bits per heavy atom. The smallest absolute Gasteiger partial charge is 0.329 e. The van der Waals surface area contributed by atoms with E-state index in [9.17, 15) is 21.6 Å². The molecule has 4 N–H and O–H groups in total. The van der Waals surface area contributed by atoms with Crippen molar-refractivity contribution in [3.05, 3.63) is 0 Å². The summed E-state index contributed by atoms with van der Waals surface area (Å²) in [4.78, 5) is 0. The Morgan fingerprint density at radius 3 is 2.18 bits per heavy atom. The van der Waals surface area contributed by atoms with E-state index in [1.165, 1.54) is 4.72 Å². The van der Waals surface area contributed by atoms with E-state index in [-0.39, 0.29) is 12.5 Å². The first-order chi connectivity index (χ1) is 7.56. The topological polar surface area (TPSA) is 84.2 Å². The molecule has 104 valence electrons. The zero-order valence-corrected chi connectivity index (χ0v) is 10.5. The third kappa shape index (κ3) is 9.33. The van der Waals surface area contributed by atoms with Crippen molar-refractivity contribution in [3.63, 3.8) is 0 Å². The highest BCUT2D eigenvalue weighted by Crippen LogP contribution is 2.12. The average molecular weight is 277 g/mol. The van der Waals surface area contributed by atoms with Gasteiger partial charge in [0.25, 0.3) is 10.2 Å². The van der Waals surface area contributed by atoms with Gasteiger partial charge in [0.2, 0.25) is 0 Å². The predicted molar refractivity (Wildman–Crippen MR) is 58.4 cm³/mol. The van der Waals surface area contributed by atoms with Gasteiger partial charge < -0.3 is 5.73 Å². The molecule has 0 aromatic rings. The second-order valence-corrected chi connectivity index (χ2v) is 5.65. The third-order valence-corrected chi connectivity index (χ3v) is 2.99. The first-order valence-electron chi connectivity index (χ1n) is 5.09. The Labute approximate surface area is 99.1 Å². The number of alkyl halides is 3. The van der Waals surface area contributed by atoms with Crippen molar-refractivity contribution < 1.29 is 21.6 Å². The highest BCUT2D eigenvalue weighted by atomic mass is 32.2. The molecule has 9 heteroatoms. The van der Waals surface area contributed by atoms with E-state index in [4.69, 9.17) is 5.73 Å². The van der Waals surface area contributed by atoms with E-state index in [2.05, 4.69) is 4.72 Å². The van der Waals surface area contributed by atoms with Crippen LogP contribution < -0.4 is 15.2 Å². The maximum atomic E-state index is 11.8. The van der Waals surface area contributed by atoms with Crippen molar-refractivity contribution in [1.29, 1.82) is 0 Å². The number of halogens is 3. The van der Waals surface area contributed by atoms with Gasteiger partial charge in [0, 0.05) is 12.6 Å². The highest BCUT2D eigenvalue weighted by Gasteiger charge is 2.30. The number of rotatable bonds is 7. The Hall–Kier alpha value is -0.380. The van der Waals surface area contributed by atoms with Crippen LogP contribution in [0.15, 0.2) is 0 Å². The van der Waals surface area contributed by atoms with E-state index in [1.54, 1.807) is 0 Å². The van der Waals surface area contributed by atoms with Crippen LogP contribution in [0.2, 0.25) is 0 Å². The average Bonchev–Trinajstić information content (AvgIpc) is 2.12. The van der Waals surface area contributed by atoms with Crippen LogP contribution in [0.1, 0.15) is 20.3 Å². The Bertz CT molecular complexity index is 316. The van der Waals surface area contributed by atoms with Crippen LogP contribution in [0, 0.1) is 5.92 Å². The van der Waals surface area contributed by atoms with Gasteiger partial charge in [-0.2, -0.15) is 31.0 Å². The lowest BCUT2D eigenvalue weighted by Crippen LogP contribution is -2.48. The molecule has 0 radical (unpaired) electrons. The molecule has 0 fully saturated rings. The van der Waals surface area contributed by atoms with Gasteiger partial charge in [-0.15, -0.1) is 0 Å². The van der Waals surface area contributed by atoms with E-state index in [1.807, 2.05) is 13.8 Å². The summed E-state index contributed by atoms with van der Waals surface area (Å²) >= 11 is 0. The summed E-state index contributed by atoms with van der Waals surface area (Å²) in [6, 6.07) is -0.569. The molecule has 1 atom stereocenters. The quantitative estimate of drug-likeness (QED) is 0.627. The SMILES string of the molecule is CC(C)CC(CN)NS(=O)(=O)NCC(F)(F)F. The normalized spacial score (nSPS) is 15.2. The number of nitrogens with one attached hydrogen (secondary N) is 2. The van der Waals surface area contributed by atoms with Gasteiger partial charge in [0.1, 0.15) is 6.54 Å². The lowest BCUT2D eigenvalue weighted by molar-refractivity contribution is -0.121. The molecule has 1 unspecified atom stereocenters. The van der Waals surface area contributed by atoms with Gasteiger partial charge in [0.15, 0.2) is 0 Å². The molecule has 0 saturated heterocycles. The molecule has 17 heavy (non-hydrogen) atoms. The van der Waals surface area contributed by atoms with Gasteiger partial charge >= 0.3 is 6.18 Å². The van der Waals surface area contributed by atoms with Crippen molar-refractivity contribution in [2.75, 3.05) is 13.1 Å². The van der Waals surface area contributed by atoms with Gasteiger partial charge in [-0.3, -0.25) is 0 Å². The molecule has 0 heterocycles. The minimum atomic E-state index is -4.58. The lowest BCUT2D eigenvalue weighted by atomic mass is 10.1. The molecule has 0 aliphatic carbocycles. The minimum absolute atomic E-state index is 0.0328. The molecular weight excluding hydrogens is 259 g/mol. The molecule has 0 spiro atoms. The van der Waals surface area contributed by atoms with Crippen molar-refractivity contribution in [3.8, 4) is 0 Å². The summed E-state index contributed by atoms with van der Waals surface area (Å²) in [5, 5.41) is 0. The molecule has 0 amide bonds. The first-order valence-corrected chi connectivity index (χ1v) is 6.58. The maximum absolute atomic E-state index is 11.8. The van der Waals surface area contributed by atoms with Crippen LogP contribution in [0.5, 0.6) is 0 Å². The Balaban J connectivity index is 4.32. The highest BCUT2D eigenvalue weighted by molar-refractivity contribution is 7.87. The standard InChI is InChI=1S/C8H18F3N3O2S/c1-6(2)3-7(4-12)14-17(15,16)13-5-8(9,10)11/h6-7,13-14H,3-5,12H2,1-2H3. The van der Waals surface area contributed by atoms with Crippen LogP contribution in [0.4, 0.5) is 13.2 Å². The second kappa shape index (κ2) is 6.53. The van der Waals surface area contributed by atoms with Crippen LogP contribution in [0.25, 0.3) is 0 Å². The fourth-order valence-electron chi connectivity index (χ4n) is 1.20. The molecule has 5 nitrogen and oxygen atoms in total. The molecule has 0 rings (SSSR count). The summed E-state index contributed by atoms with van der Waals surface area (Å²) in [7, 11) is -4.17. The monoisotopic (exact) mass is 277 g/mol. The number of hydrogen-bond acceptors (Lipinski definition) is 3. The molecule has 0 bridgehead atoms. The van der Waals surface area contributed by atoms with Crippen LogP contribution in [-0.2, 0) is 10.2 Å². The van der Waals surface area contributed by atoms with Gasteiger partial charge in [0.05, 0.1) is 0 Å². The summed E-state index contributed by atoms with van der Waals surface area (Å²) < 4.78 is 61.5. The predicted octanol–water partition coefficient (Wildman–Crippen LogP) is 0.346. The van der Waals surface area contributed by atoms with Crippen LogP contribution in [-0.4, -0.2) is 33.7 Å². The van der Waals surface area contributed by atoms with E-state index in [0.717, 1.165) is 0 Å². The Morgan fingerprint density at radius 2 is 1.82 bits per heavy atom. The first kappa shape index (κ1) is 16.6. The molecule has 0 aromatic heterocycles. The van der Waals surface area contributed by atoms with Crippen molar-refractivity contribution in [2.45, 2.75) is 32.5 Å². The van der Waals surface area contributed by atoms with Gasteiger partial charge in [-0.25, -0.2) is 0 Å². The third-order valence-electron chi connectivity index (χ3n) is 1.82. The van der Waals surface area contributed by atoms with E-state index < -0.39 is 29.0 Å². The fourth-order valence-corrected chi connectivity index (χ4v) is 2.27. The summed E-state index contributed by atoms with van der Waals surface area (Å²) in [5.41, 5.74) is 5.33. The summed E-state index contributed by atoms with van der Waals surface area (Å²) in [6.45, 7) is 2.16. The molecule has 0 aromatic carbocycles. The fraction of sp³-hybridized carbons (Fsp3) is 1.00. The molecule has 0 aliphatic heterocycles. The largest absolute Gasteiger partial charge is 0.402 e. The van der Waals surface area contributed by atoms with Crippen LogP contribution >= 0.6 is 0 Å². The zero-order chi connectivity index (χ0) is 13.7.